The normalized spacial score (nSPS) is 18.4. The van der Waals surface area contributed by atoms with Crippen molar-refractivity contribution in [1.29, 1.82) is 0 Å². The van der Waals surface area contributed by atoms with Crippen molar-refractivity contribution in [1.82, 2.24) is 5.32 Å². The Morgan fingerprint density at radius 2 is 2.05 bits per heavy atom. The van der Waals surface area contributed by atoms with Gasteiger partial charge in [-0.05, 0) is 35.8 Å². The van der Waals surface area contributed by atoms with Crippen LogP contribution < -0.4 is 16.0 Å². The van der Waals surface area contributed by atoms with Crippen molar-refractivity contribution in [2.24, 2.45) is 0 Å². The second kappa shape index (κ2) is 4.48. The lowest BCUT2D eigenvalue weighted by Gasteiger charge is -2.42. The Hall–Kier alpha value is -1.63. The highest BCUT2D eigenvalue weighted by Crippen LogP contribution is 2.34. The molecule has 0 radical (unpaired) electrons. The molecular weight excluding hydrogens is 317 g/mol. The number of hydrogen-bond donors (Lipinski definition) is 2. The van der Waals surface area contributed by atoms with Gasteiger partial charge in [0.15, 0.2) is 0 Å². The molecule has 19 heavy (non-hydrogen) atoms. The van der Waals surface area contributed by atoms with Crippen molar-refractivity contribution in [3.63, 3.8) is 0 Å². The highest BCUT2D eigenvalue weighted by molar-refractivity contribution is 9.10. The number of imide groups is 1. The lowest BCUT2D eigenvalue weighted by atomic mass is 9.97. The van der Waals surface area contributed by atoms with Crippen molar-refractivity contribution in [2.75, 3.05) is 17.2 Å². The van der Waals surface area contributed by atoms with Crippen LogP contribution in [0.2, 0.25) is 0 Å². The molecule has 0 atom stereocenters. The fourth-order valence-corrected chi connectivity index (χ4v) is 2.32. The van der Waals surface area contributed by atoms with E-state index in [-0.39, 0.29) is 11.0 Å². The molecule has 1 aliphatic rings. The van der Waals surface area contributed by atoms with Gasteiger partial charge in [-0.2, -0.15) is 0 Å². The summed E-state index contributed by atoms with van der Waals surface area (Å²) in [7, 11) is 0. The number of nitrogen functional groups attached to an aromatic ring is 1. The summed E-state index contributed by atoms with van der Waals surface area (Å²) in [5.41, 5.74) is 5.49. The number of carbonyl (C=O) groups is 2. The van der Waals surface area contributed by atoms with E-state index in [2.05, 4.69) is 21.2 Å². The van der Waals surface area contributed by atoms with Crippen LogP contribution in [0.4, 0.5) is 15.8 Å². The van der Waals surface area contributed by atoms with Crippen LogP contribution in [-0.4, -0.2) is 23.9 Å². The average Bonchev–Trinajstić information content (AvgIpc) is 2.29. The Kier molecular flexibility index (Phi) is 3.25. The van der Waals surface area contributed by atoms with Gasteiger partial charge in [-0.1, -0.05) is 0 Å². The minimum atomic E-state index is -0.984. The Bertz CT molecular complexity index is 574. The number of rotatable bonds is 1. The molecule has 1 heterocycles. The molecule has 1 fully saturated rings. The van der Waals surface area contributed by atoms with E-state index in [9.17, 15) is 14.0 Å². The summed E-state index contributed by atoms with van der Waals surface area (Å²) in [6, 6.07) is 2.63. The van der Waals surface area contributed by atoms with Crippen LogP contribution in [-0.2, 0) is 9.59 Å². The van der Waals surface area contributed by atoms with Gasteiger partial charge in [-0.3, -0.25) is 14.9 Å². The fraction of sp³-hybridized carbons (Fsp3) is 0.333. The van der Waals surface area contributed by atoms with Crippen LogP contribution in [0, 0.1) is 5.82 Å². The molecule has 1 saturated heterocycles. The molecule has 0 spiro atoms. The zero-order valence-electron chi connectivity index (χ0n) is 10.5. The van der Waals surface area contributed by atoms with E-state index < -0.39 is 23.2 Å². The second-order valence-corrected chi connectivity index (χ2v) is 5.70. The van der Waals surface area contributed by atoms with E-state index >= 15 is 0 Å². The maximum atomic E-state index is 13.6. The lowest BCUT2D eigenvalue weighted by Crippen LogP contribution is -2.64. The van der Waals surface area contributed by atoms with E-state index in [1.54, 1.807) is 13.8 Å². The van der Waals surface area contributed by atoms with Gasteiger partial charge >= 0.3 is 0 Å². The van der Waals surface area contributed by atoms with Crippen LogP contribution in [0.3, 0.4) is 0 Å². The molecule has 0 aliphatic carbocycles. The molecule has 0 saturated carbocycles. The Balaban J connectivity index is 2.53. The monoisotopic (exact) mass is 329 g/mol. The Labute approximate surface area is 118 Å². The number of nitrogens with two attached hydrogens (primary N) is 1. The molecule has 5 nitrogen and oxygen atoms in total. The summed E-state index contributed by atoms with van der Waals surface area (Å²) in [6.07, 6.45) is 0. The van der Waals surface area contributed by atoms with E-state index in [0.717, 1.165) is 0 Å². The predicted molar refractivity (Wildman–Crippen MR) is 73.1 cm³/mol. The minimum Gasteiger partial charge on any atom is -0.397 e. The molecule has 7 heteroatoms. The first-order chi connectivity index (χ1) is 8.73. The van der Waals surface area contributed by atoms with E-state index in [1.165, 1.54) is 17.0 Å². The van der Waals surface area contributed by atoms with Crippen molar-refractivity contribution in [3.8, 4) is 0 Å². The number of piperazine rings is 1. The van der Waals surface area contributed by atoms with Gasteiger partial charge in [0.25, 0.3) is 5.91 Å². The summed E-state index contributed by atoms with van der Waals surface area (Å²) in [6.45, 7) is 3.24. The number of carbonyl (C=O) groups excluding carboxylic acids is 2. The summed E-state index contributed by atoms with van der Waals surface area (Å²) in [5, 5.41) is 2.25. The molecule has 1 aromatic carbocycles. The summed E-state index contributed by atoms with van der Waals surface area (Å²) in [5.74, 6) is -1.38. The number of hydrogen-bond acceptors (Lipinski definition) is 4. The molecule has 1 aliphatic heterocycles. The standard InChI is InChI=1S/C12H13BrFN3O2/c1-12(2)11(19)16-10(18)5-17(12)9-4-7(14)6(13)3-8(9)15/h3-4H,5,15H2,1-2H3,(H,16,18,19). The molecule has 102 valence electrons. The average molecular weight is 330 g/mol. The van der Waals surface area contributed by atoms with Gasteiger partial charge in [0.1, 0.15) is 11.4 Å². The molecule has 0 unspecified atom stereocenters. The molecule has 2 amide bonds. The number of nitrogens with one attached hydrogen (secondary N) is 1. The first-order valence-electron chi connectivity index (χ1n) is 5.60. The molecule has 2 rings (SSSR count). The lowest BCUT2D eigenvalue weighted by molar-refractivity contribution is -0.135. The topological polar surface area (TPSA) is 75.4 Å². The molecule has 0 bridgehead atoms. The van der Waals surface area contributed by atoms with Crippen molar-refractivity contribution >= 4 is 39.1 Å². The van der Waals surface area contributed by atoms with Crippen LogP contribution in [0.15, 0.2) is 16.6 Å². The number of halogens is 2. The minimum absolute atomic E-state index is 0.0516. The zero-order valence-corrected chi connectivity index (χ0v) is 12.0. The van der Waals surface area contributed by atoms with Gasteiger partial charge in [-0.25, -0.2) is 4.39 Å². The first-order valence-corrected chi connectivity index (χ1v) is 6.39. The number of benzene rings is 1. The molecule has 3 N–H and O–H groups in total. The predicted octanol–water partition coefficient (Wildman–Crippen LogP) is 1.41. The summed E-state index contributed by atoms with van der Waals surface area (Å²) >= 11 is 3.04. The van der Waals surface area contributed by atoms with Crippen molar-refractivity contribution < 1.29 is 14.0 Å². The van der Waals surface area contributed by atoms with Gasteiger partial charge in [0.2, 0.25) is 5.91 Å². The Morgan fingerprint density at radius 1 is 1.42 bits per heavy atom. The van der Waals surface area contributed by atoms with E-state index in [4.69, 9.17) is 5.73 Å². The SMILES string of the molecule is CC1(C)C(=O)NC(=O)CN1c1cc(F)c(Br)cc1N. The van der Waals surface area contributed by atoms with Gasteiger partial charge in [-0.15, -0.1) is 0 Å². The van der Waals surface area contributed by atoms with Crippen molar-refractivity contribution in [3.05, 3.63) is 22.4 Å². The smallest absolute Gasteiger partial charge is 0.251 e. The zero-order chi connectivity index (χ0) is 14.4. The molecular formula is C12H13BrFN3O2. The van der Waals surface area contributed by atoms with E-state index in [1.807, 2.05) is 0 Å². The number of amides is 2. The number of nitrogens with zero attached hydrogens (tertiary/aromatic N) is 1. The highest BCUT2D eigenvalue weighted by Gasteiger charge is 2.41. The highest BCUT2D eigenvalue weighted by atomic mass is 79.9. The first kappa shape index (κ1) is 13.8. The van der Waals surface area contributed by atoms with Crippen LogP contribution >= 0.6 is 15.9 Å². The largest absolute Gasteiger partial charge is 0.397 e. The van der Waals surface area contributed by atoms with Crippen LogP contribution in [0.5, 0.6) is 0 Å². The van der Waals surface area contributed by atoms with Gasteiger partial charge in [0, 0.05) is 6.07 Å². The van der Waals surface area contributed by atoms with Crippen LogP contribution in [0.25, 0.3) is 0 Å². The van der Waals surface area contributed by atoms with Gasteiger partial charge < -0.3 is 10.6 Å². The fourth-order valence-electron chi connectivity index (χ4n) is 1.95. The quantitative estimate of drug-likeness (QED) is 0.603. The second-order valence-electron chi connectivity index (χ2n) is 4.85. The maximum Gasteiger partial charge on any atom is 0.251 e. The third-order valence-corrected chi connectivity index (χ3v) is 3.75. The third-order valence-electron chi connectivity index (χ3n) is 3.15. The van der Waals surface area contributed by atoms with Gasteiger partial charge in [0.05, 0.1) is 22.4 Å². The Morgan fingerprint density at radius 3 is 2.68 bits per heavy atom. The van der Waals surface area contributed by atoms with E-state index in [0.29, 0.717) is 11.4 Å². The van der Waals surface area contributed by atoms with Crippen molar-refractivity contribution in [2.45, 2.75) is 19.4 Å². The summed E-state index contributed by atoms with van der Waals surface area (Å²) < 4.78 is 13.9. The summed E-state index contributed by atoms with van der Waals surface area (Å²) in [4.78, 5) is 24.8. The third kappa shape index (κ3) is 2.30. The maximum absolute atomic E-state index is 13.6. The number of anilines is 2. The van der Waals surface area contributed by atoms with Crippen LogP contribution in [0.1, 0.15) is 13.8 Å². The molecule has 1 aromatic rings. The molecule has 0 aromatic heterocycles.